The number of carbonyl (C=O) groups is 1. The summed E-state index contributed by atoms with van der Waals surface area (Å²) in [6.07, 6.45) is 1.84. The summed E-state index contributed by atoms with van der Waals surface area (Å²) in [6, 6.07) is 20.5. The lowest BCUT2D eigenvalue weighted by Crippen LogP contribution is -2.27. The quantitative estimate of drug-likeness (QED) is 0.644. The van der Waals surface area contributed by atoms with Gasteiger partial charge >= 0.3 is 0 Å². The molecule has 2 aromatic carbocycles. The Balaban J connectivity index is 1.44. The Morgan fingerprint density at radius 2 is 1.62 bits per heavy atom. The summed E-state index contributed by atoms with van der Waals surface area (Å²) in [4.78, 5) is 13.2. The van der Waals surface area contributed by atoms with Gasteiger partial charge in [0.15, 0.2) is 0 Å². The highest BCUT2D eigenvalue weighted by Crippen LogP contribution is 2.33. The molecule has 1 saturated heterocycles. The van der Waals surface area contributed by atoms with E-state index in [0.29, 0.717) is 29.4 Å². The van der Waals surface area contributed by atoms with E-state index in [9.17, 15) is 13.2 Å². The second kappa shape index (κ2) is 8.49. The van der Waals surface area contributed by atoms with Gasteiger partial charge in [0.05, 0.1) is 0 Å². The molecule has 0 bridgehead atoms. The van der Waals surface area contributed by atoms with Gasteiger partial charge < -0.3 is 5.32 Å². The van der Waals surface area contributed by atoms with Crippen LogP contribution in [0.15, 0.2) is 70.9 Å². The van der Waals surface area contributed by atoms with Crippen molar-refractivity contribution in [2.45, 2.75) is 23.6 Å². The molecule has 0 spiro atoms. The van der Waals surface area contributed by atoms with Gasteiger partial charge in [0, 0.05) is 30.1 Å². The monoisotopic (exact) mass is 426 g/mol. The van der Waals surface area contributed by atoms with Crippen LogP contribution in [-0.2, 0) is 16.6 Å². The lowest BCUT2D eigenvalue weighted by molar-refractivity contribution is 0.0951. The predicted octanol–water partition coefficient (Wildman–Crippen LogP) is 4.13. The predicted molar refractivity (Wildman–Crippen MR) is 115 cm³/mol. The third-order valence-corrected chi connectivity index (χ3v) is 8.47. The van der Waals surface area contributed by atoms with E-state index >= 15 is 0 Å². The fourth-order valence-electron chi connectivity index (χ4n) is 3.34. The van der Waals surface area contributed by atoms with Crippen molar-refractivity contribution in [3.63, 3.8) is 0 Å². The van der Waals surface area contributed by atoms with Crippen LogP contribution in [0.1, 0.15) is 28.8 Å². The molecule has 5 nitrogen and oxygen atoms in total. The molecule has 1 amide bonds. The molecular weight excluding hydrogens is 404 g/mol. The third kappa shape index (κ3) is 4.42. The smallest absolute Gasteiger partial charge is 0.252 e. The van der Waals surface area contributed by atoms with Crippen molar-refractivity contribution in [3.8, 4) is 10.4 Å². The maximum Gasteiger partial charge on any atom is 0.252 e. The van der Waals surface area contributed by atoms with E-state index < -0.39 is 10.0 Å². The highest BCUT2D eigenvalue weighted by Gasteiger charge is 2.28. The highest BCUT2D eigenvalue weighted by atomic mass is 32.2. The number of rotatable bonds is 6. The fourth-order valence-corrected chi connectivity index (χ4v) is 6.32. The lowest BCUT2D eigenvalue weighted by atomic mass is 10.1. The first-order valence-corrected chi connectivity index (χ1v) is 11.8. The van der Waals surface area contributed by atoms with Crippen LogP contribution in [0.5, 0.6) is 0 Å². The van der Waals surface area contributed by atoms with Gasteiger partial charge in [0.25, 0.3) is 15.9 Å². The molecule has 1 aliphatic heterocycles. The first-order chi connectivity index (χ1) is 14.0. The van der Waals surface area contributed by atoms with Crippen LogP contribution in [0, 0.1) is 0 Å². The molecule has 29 heavy (non-hydrogen) atoms. The van der Waals surface area contributed by atoms with Gasteiger partial charge in [-0.3, -0.25) is 4.79 Å². The number of carbonyl (C=O) groups excluding carboxylic acids is 1. The molecule has 0 unspecified atom stereocenters. The van der Waals surface area contributed by atoms with E-state index in [0.717, 1.165) is 28.8 Å². The van der Waals surface area contributed by atoms with Gasteiger partial charge in [-0.15, -0.1) is 11.3 Å². The molecule has 150 valence electrons. The second-order valence-electron chi connectivity index (χ2n) is 6.98. The number of nitrogens with one attached hydrogen (secondary N) is 1. The SMILES string of the molecule is O=C(NCc1ccccc1)c1ccc(-c2ccc(S(=O)(=O)N3CCCC3)s2)cc1. The van der Waals surface area contributed by atoms with E-state index in [1.165, 1.54) is 11.3 Å². The molecule has 4 rings (SSSR count). The summed E-state index contributed by atoms with van der Waals surface area (Å²) in [5, 5.41) is 2.91. The maximum absolute atomic E-state index is 12.7. The van der Waals surface area contributed by atoms with E-state index in [1.54, 1.807) is 22.5 Å². The number of amides is 1. The van der Waals surface area contributed by atoms with Crippen LogP contribution in [0.25, 0.3) is 10.4 Å². The van der Waals surface area contributed by atoms with Crippen LogP contribution in [0.4, 0.5) is 0 Å². The van der Waals surface area contributed by atoms with Crippen LogP contribution in [0.2, 0.25) is 0 Å². The van der Waals surface area contributed by atoms with Crippen molar-refractivity contribution in [1.29, 1.82) is 0 Å². The standard InChI is InChI=1S/C22H22N2O3S2/c25-22(23-16-17-6-2-1-3-7-17)19-10-8-18(9-11-19)20-12-13-21(28-20)29(26,27)24-14-4-5-15-24/h1-3,6-13H,4-5,14-16H2,(H,23,25). The van der Waals surface area contributed by atoms with Crippen molar-refractivity contribution >= 4 is 27.3 Å². The number of sulfonamides is 1. The summed E-state index contributed by atoms with van der Waals surface area (Å²) in [6.45, 7) is 1.68. The van der Waals surface area contributed by atoms with Crippen molar-refractivity contribution in [2.75, 3.05) is 13.1 Å². The van der Waals surface area contributed by atoms with Crippen molar-refractivity contribution in [1.82, 2.24) is 9.62 Å². The molecule has 0 aliphatic carbocycles. The van der Waals surface area contributed by atoms with Gasteiger partial charge in [0.1, 0.15) is 4.21 Å². The van der Waals surface area contributed by atoms with Crippen LogP contribution in [-0.4, -0.2) is 31.7 Å². The summed E-state index contributed by atoms with van der Waals surface area (Å²) < 4.78 is 27.3. The Kier molecular flexibility index (Phi) is 5.80. The van der Waals surface area contributed by atoms with Crippen molar-refractivity contribution < 1.29 is 13.2 Å². The van der Waals surface area contributed by atoms with Gasteiger partial charge in [-0.25, -0.2) is 8.42 Å². The Hall–Kier alpha value is -2.48. The normalized spacial score (nSPS) is 14.8. The van der Waals surface area contributed by atoms with Crippen LogP contribution < -0.4 is 5.32 Å². The molecule has 1 N–H and O–H groups in total. The molecule has 1 aliphatic rings. The van der Waals surface area contributed by atoms with Gasteiger partial charge in [-0.1, -0.05) is 42.5 Å². The van der Waals surface area contributed by atoms with Gasteiger partial charge in [-0.05, 0) is 48.2 Å². The highest BCUT2D eigenvalue weighted by molar-refractivity contribution is 7.91. The molecule has 0 atom stereocenters. The maximum atomic E-state index is 12.7. The van der Waals surface area contributed by atoms with Gasteiger partial charge in [0.2, 0.25) is 0 Å². The summed E-state index contributed by atoms with van der Waals surface area (Å²) in [5.74, 6) is -0.135. The third-order valence-electron chi connectivity index (χ3n) is 4.97. The molecular formula is C22H22N2O3S2. The minimum Gasteiger partial charge on any atom is -0.348 e. The molecule has 7 heteroatoms. The number of thiophene rings is 1. The number of benzene rings is 2. The minimum atomic E-state index is -3.39. The Morgan fingerprint density at radius 3 is 2.31 bits per heavy atom. The Labute approximate surface area is 175 Å². The summed E-state index contributed by atoms with van der Waals surface area (Å²) in [5.41, 5.74) is 2.52. The Bertz CT molecular complexity index is 1080. The van der Waals surface area contributed by atoms with Gasteiger partial charge in [-0.2, -0.15) is 4.31 Å². The molecule has 1 aromatic heterocycles. The summed E-state index contributed by atoms with van der Waals surface area (Å²) in [7, 11) is -3.39. The molecule has 0 saturated carbocycles. The molecule has 3 aromatic rings. The Morgan fingerprint density at radius 1 is 0.931 bits per heavy atom. The average molecular weight is 427 g/mol. The number of hydrogen-bond donors (Lipinski definition) is 1. The molecule has 0 radical (unpaired) electrons. The van der Waals surface area contributed by atoms with Crippen LogP contribution >= 0.6 is 11.3 Å². The zero-order valence-electron chi connectivity index (χ0n) is 15.9. The van der Waals surface area contributed by atoms with E-state index in [2.05, 4.69) is 5.32 Å². The molecule has 2 heterocycles. The lowest BCUT2D eigenvalue weighted by Gasteiger charge is -2.13. The minimum absolute atomic E-state index is 0.135. The fraction of sp³-hybridized carbons (Fsp3) is 0.227. The van der Waals surface area contributed by atoms with Crippen molar-refractivity contribution in [3.05, 3.63) is 77.9 Å². The largest absolute Gasteiger partial charge is 0.348 e. The summed E-state index contributed by atoms with van der Waals surface area (Å²) >= 11 is 1.27. The first-order valence-electron chi connectivity index (χ1n) is 9.56. The van der Waals surface area contributed by atoms with E-state index in [-0.39, 0.29) is 5.91 Å². The second-order valence-corrected chi connectivity index (χ2v) is 10.2. The first kappa shape index (κ1) is 19.8. The van der Waals surface area contributed by atoms with Crippen molar-refractivity contribution in [2.24, 2.45) is 0 Å². The number of hydrogen-bond acceptors (Lipinski definition) is 4. The topological polar surface area (TPSA) is 66.5 Å². The average Bonchev–Trinajstić information content (AvgIpc) is 3.46. The zero-order valence-corrected chi connectivity index (χ0v) is 17.5. The van der Waals surface area contributed by atoms with E-state index in [1.807, 2.05) is 48.5 Å². The van der Waals surface area contributed by atoms with Crippen LogP contribution in [0.3, 0.4) is 0 Å². The zero-order chi connectivity index (χ0) is 20.3. The molecule has 1 fully saturated rings. The van der Waals surface area contributed by atoms with E-state index in [4.69, 9.17) is 0 Å². The number of nitrogens with zero attached hydrogens (tertiary/aromatic N) is 1.